The molecule has 0 atom stereocenters. The quantitative estimate of drug-likeness (QED) is 0.229. The molecule has 32 heavy (non-hydrogen) atoms. The number of hydrogen-bond donors (Lipinski definition) is 6. The van der Waals surface area contributed by atoms with Crippen LogP contribution >= 0.6 is 0 Å². The summed E-state index contributed by atoms with van der Waals surface area (Å²) >= 11 is 0. The summed E-state index contributed by atoms with van der Waals surface area (Å²) in [5.41, 5.74) is 8.13. The van der Waals surface area contributed by atoms with Crippen LogP contribution in [0.2, 0.25) is 0 Å². The summed E-state index contributed by atoms with van der Waals surface area (Å²) in [5.74, 6) is -4.00. The number of carbonyl (C=O) groups is 1. The number of anilines is 2. The highest BCUT2D eigenvalue weighted by molar-refractivity contribution is 7.85. The minimum Gasteiger partial charge on any atom is -0.744 e. The highest BCUT2D eigenvalue weighted by Crippen LogP contribution is 2.20. The Morgan fingerprint density at radius 1 is 1.12 bits per heavy atom. The Hall–Kier alpha value is -4.38. The van der Waals surface area contributed by atoms with Crippen LogP contribution in [0.5, 0.6) is 5.75 Å². The normalized spacial score (nSPS) is 10.2. The molecule has 0 bridgehead atoms. The number of nitrogens with one attached hydrogen (secondary N) is 3. The Balaban J connectivity index is 0.000000250. The van der Waals surface area contributed by atoms with Gasteiger partial charge in [-0.1, -0.05) is 0 Å². The zero-order chi connectivity index (χ0) is 24.6. The third-order valence-corrected chi connectivity index (χ3v) is 3.95. The molecule has 0 aliphatic heterocycles. The van der Waals surface area contributed by atoms with Gasteiger partial charge in [0.1, 0.15) is 33.4 Å². The van der Waals surface area contributed by atoms with E-state index in [0.717, 1.165) is 24.5 Å². The van der Waals surface area contributed by atoms with Gasteiger partial charge in [-0.15, -0.1) is 0 Å². The van der Waals surface area contributed by atoms with Crippen molar-refractivity contribution in [3.05, 3.63) is 68.8 Å². The van der Waals surface area contributed by atoms with Gasteiger partial charge in [0, 0.05) is 0 Å². The van der Waals surface area contributed by atoms with Crippen molar-refractivity contribution in [1.82, 2.24) is 15.0 Å². The molecule has 14 nitrogen and oxygen atoms in total. The minimum atomic E-state index is -4.70. The molecular weight excluding hydrogens is 462 g/mol. The number of hydrogen-bond acceptors (Lipinski definition) is 10. The number of nitrogens with zero attached hydrogens (tertiary/aromatic N) is 1. The van der Waals surface area contributed by atoms with Gasteiger partial charge in [0.25, 0.3) is 0 Å². The second-order valence-corrected chi connectivity index (χ2v) is 6.77. The van der Waals surface area contributed by atoms with E-state index >= 15 is 0 Å². The molecule has 9 N–H and O–H groups in total. The van der Waals surface area contributed by atoms with E-state index in [2.05, 4.69) is 9.97 Å². The number of aromatic nitrogens is 4. The monoisotopic (exact) mass is 476 g/mol. The van der Waals surface area contributed by atoms with E-state index in [0.29, 0.717) is 6.07 Å². The Morgan fingerprint density at radius 3 is 2.16 bits per heavy atom. The van der Waals surface area contributed by atoms with Gasteiger partial charge in [0.2, 0.25) is 11.6 Å². The van der Waals surface area contributed by atoms with Crippen LogP contribution in [0.3, 0.4) is 0 Å². The van der Waals surface area contributed by atoms with Crippen molar-refractivity contribution in [3.8, 4) is 5.75 Å². The van der Waals surface area contributed by atoms with E-state index < -0.39 is 55.3 Å². The number of benzene rings is 1. The number of aromatic carboxylic acids is 1. The van der Waals surface area contributed by atoms with E-state index in [1.54, 1.807) is 0 Å². The molecule has 3 rings (SSSR count). The van der Waals surface area contributed by atoms with Gasteiger partial charge in [0.15, 0.2) is 5.82 Å². The van der Waals surface area contributed by atoms with Crippen LogP contribution in [0.15, 0.2) is 45.1 Å². The molecule has 2 aromatic heterocycles. The lowest BCUT2D eigenvalue weighted by atomic mass is 10.2. The molecule has 1 aromatic carbocycles. The van der Waals surface area contributed by atoms with Crippen molar-refractivity contribution in [1.29, 1.82) is 0 Å². The van der Waals surface area contributed by atoms with Crippen LogP contribution in [0.4, 0.5) is 20.4 Å². The van der Waals surface area contributed by atoms with Crippen LogP contribution < -0.4 is 27.8 Å². The van der Waals surface area contributed by atoms with E-state index in [9.17, 15) is 36.1 Å². The highest BCUT2D eigenvalue weighted by atomic mass is 32.2. The molecule has 2 heterocycles. The Bertz CT molecular complexity index is 1280. The molecule has 0 aliphatic rings. The number of carboxylic acid groups (broad SMARTS) is 1. The fraction of sp³-hybridized carbons (Fsp3) is 0. The van der Waals surface area contributed by atoms with Crippen molar-refractivity contribution in [2.24, 2.45) is 0 Å². The number of nitrogen functional groups attached to an aromatic ring is 2. The third-order valence-electron chi connectivity index (χ3n) is 3.12. The highest BCUT2D eigenvalue weighted by Gasteiger charge is 2.12. The number of aromatic amines is 3. The smallest absolute Gasteiger partial charge is 0.495 e. The summed E-state index contributed by atoms with van der Waals surface area (Å²) in [6, 6.07) is 2.29. The van der Waals surface area contributed by atoms with Crippen LogP contribution in [0.1, 0.15) is 10.4 Å². The number of rotatable bonds is 2. The van der Waals surface area contributed by atoms with Crippen LogP contribution in [-0.2, 0) is 10.1 Å². The van der Waals surface area contributed by atoms with Crippen LogP contribution in [-0.4, -0.2) is 44.1 Å². The SMILES string of the molecule is Nc1[nH]c(=O)[nH+]cc1F.Nc1[nH]c(=O)ncc1F.O=C(O)c1cc(S(=O)(=O)[O-])ccc1O. The summed E-state index contributed by atoms with van der Waals surface area (Å²) in [6.07, 6.45) is 1.67. The summed E-state index contributed by atoms with van der Waals surface area (Å²) in [6.45, 7) is 0. The number of halogens is 2. The fourth-order valence-corrected chi connectivity index (χ4v) is 2.16. The lowest BCUT2D eigenvalue weighted by Gasteiger charge is -2.08. The van der Waals surface area contributed by atoms with E-state index in [4.69, 9.17) is 21.7 Å². The first-order chi connectivity index (χ1) is 14.7. The molecule has 0 saturated carbocycles. The molecule has 172 valence electrons. The van der Waals surface area contributed by atoms with Crippen molar-refractivity contribution < 1.29 is 41.7 Å². The fourth-order valence-electron chi connectivity index (χ4n) is 1.66. The Kier molecular flexibility index (Phi) is 8.49. The molecular formula is C15H14F2N6O8S. The molecule has 0 spiro atoms. The van der Waals surface area contributed by atoms with Gasteiger partial charge in [-0.25, -0.2) is 27.4 Å². The topological polar surface area (TPSA) is 260 Å². The lowest BCUT2D eigenvalue weighted by molar-refractivity contribution is -0.404. The van der Waals surface area contributed by atoms with Crippen molar-refractivity contribution in [2.75, 3.05) is 11.5 Å². The van der Waals surface area contributed by atoms with Gasteiger partial charge >= 0.3 is 17.3 Å². The predicted molar refractivity (Wildman–Crippen MR) is 100 cm³/mol. The molecule has 0 amide bonds. The Labute approximate surface area is 176 Å². The summed E-state index contributed by atoms with van der Waals surface area (Å²) < 4.78 is 55.8. The number of phenols is 1. The maximum atomic E-state index is 12.2. The number of aromatic hydroxyl groups is 1. The second kappa shape index (κ2) is 10.6. The number of nitrogens with two attached hydrogens (primary N) is 2. The molecule has 0 fully saturated rings. The van der Waals surface area contributed by atoms with Crippen molar-refractivity contribution in [3.63, 3.8) is 0 Å². The summed E-state index contributed by atoms with van der Waals surface area (Å²) in [7, 11) is -4.70. The molecule has 0 radical (unpaired) electrons. The predicted octanol–water partition coefficient (Wildman–Crippen LogP) is -1.60. The summed E-state index contributed by atoms with van der Waals surface area (Å²) in [5, 5.41) is 17.5. The second-order valence-electron chi connectivity index (χ2n) is 5.39. The minimum absolute atomic E-state index is 0.251. The first-order valence-corrected chi connectivity index (χ1v) is 9.21. The standard InChI is InChI=1S/C7H6O6S.2C4H4FN3O/c8-6-2-1-4(14(11,12)13)3-5(6)7(9)10;2*5-2-1-7-4(9)8-3(2)6/h1-3,8H,(H,9,10)(H,11,12,13);2*1H,(H3,6,7,8,9). The molecule has 3 aromatic rings. The zero-order valence-corrected chi connectivity index (χ0v) is 16.3. The van der Waals surface area contributed by atoms with Gasteiger partial charge in [-0.3, -0.25) is 4.98 Å². The van der Waals surface area contributed by atoms with Gasteiger partial charge in [-0.2, -0.15) is 19.2 Å². The lowest BCUT2D eigenvalue weighted by Crippen LogP contribution is -2.30. The Morgan fingerprint density at radius 2 is 1.72 bits per heavy atom. The third kappa shape index (κ3) is 7.80. The van der Waals surface area contributed by atoms with Crippen molar-refractivity contribution >= 4 is 27.7 Å². The first kappa shape index (κ1) is 25.7. The van der Waals surface area contributed by atoms with E-state index in [1.807, 2.05) is 9.97 Å². The molecule has 0 unspecified atom stereocenters. The maximum Gasteiger partial charge on any atom is 0.495 e. The molecule has 0 aliphatic carbocycles. The number of H-pyrrole nitrogens is 3. The largest absolute Gasteiger partial charge is 0.744 e. The van der Waals surface area contributed by atoms with E-state index in [-0.39, 0.29) is 11.6 Å². The van der Waals surface area contributed by atoms with Gasteiger partial charge in [0.05, 0.1) is 11.1 Å². The average molecular weight is 476 g/mol. The zero-order valence-electron chi connectivity index (χ0n) is 15.5. The number of carboxylic acids is 1. The van der Waals surface area contributed by atoms with Gasteiger partial charge < -0.3 is 26.2 Å². The van der Waals surface area contributed by atoms with Crippen LogP contribution in [0, 0.1) is 11.6 Å². The van der Waals surface area contributed by atoms with Crippen molar-refractivity contribution in [2.45, 2.75) is 4.90 Å². The molecule has 0 saturated heterocycles. The van der Waals surface area contributed by atoms with E-state index in [1.165, 1.54) is 0 Å². The van der Waals surface area contributed by atoms with Gasteiger partial charge in [-0.05, 0) is 18.2 Å². The maximum absolute atomic E-state index is 12.2. The average Bonchev–Trinajstić information content (AvgIpc) is 2.68. The summed E-state index contributed by atoms with van der Waals surface area (Å²) in [4.78, 5) is 39.4. The van der Waals surface area contributed by atoms with Crippen LogP contribution in [0.25, 0.3) is 0 Å². The molecule has 17 heteroatoms. The first-order valence-electron chi connectivity index (χ1n) is 7.80.